The molecule has 3 heterocycles. The van der Waals surface area contributed by atoms with Crippen LogP contribution in [-0.4, -0.2) is 47.5 Å². The van der Waals surface area contributed by atoms with Crippen LogP contribution in [0.3, 0.4) is 0 Å². The molecule has 0 amide bonds. The molecule has 0 aromatic carbocycles. The van der Waals surface area contributed by atoms with Crippen molar-refractivity contribution in [2.75, 3.05) is 24.2 Å². The minimum Gasteiger partial charge on any atom is -0.357 e. The molecule has 3 rings (SSSR count). The van der Waals surface area contributed by atoms with Gasteiger partial charge in [-0.05, 0) is 32.6 Å². The Morgan fingerprint density at radius 2 is 2.15 bits per heavy atom. The summed E-state index contributed by atoms with van der Waals surface area (Å²) in [6.07, 6.45) is 2.95. The van der Waals surface area contributed by atoms with Crippen LogP contribution in [0, 0.1) is 29.9 Å². The van der Waals surface area contributed by atoms with E-state index >= 15 is 0 Å². The van der Waals surface area contributed by atoms with E-state index in [9.17, 15) is 18.5 Å². The Morgan fingerprint density at radius 3 is 2.73 bits per heavy atom. The van der Waals surface area contributed by atoms with Crippen molar-refractivity contribution in [3.8, 4) is 0 Å². The van der Waals surface area contributed by atoms with Crippen LogP contribution in [0.1, 0.15) is 24.5 Å². The van der Waals surface area contributed by atoms with E-state index in [1.54, 1.807) is 0 Å². The molecule has 1 fully saturated rings. The molecule has 1 saturated heterocycles. The third kappa shape index (κ3) is 3.88. The fraction of sp³-hybridized carbons (Fsp3) is 0.600. The predicted octanol–water partition coefficient (Wildman–Crippen LogP) is 2.18. The fourth-order valence-corrected chi connectivity index (χ4v) is 5.33. The molecule has 0 spiro atoms. The van der Waals surface area contributed by atoms with Gasteiger partial charge in [-0.25, -0.2) is 18.1 Å². The van der Waals surface area contributed by atoms with Crippen LogP contribution < -0.4 is 4.90 Å². The summed E-state index contributed by atoms with van der Waals surface area (Å²) in [5.41, 5.74) is -0.135. The van der Waals surface area contributed by atoms with Crippen molar-refractivity contribution >= 4 is 31.9 Å². The topological polar surface area (TPSA) is 111 Å². The second kappa shape index (κ2) is 6.95. The van der Waals surface area contributed by atoms with E-state index < -0.39 is 14.8 Å². The molecule has 2 aromatic heterocycles. The number of sulfone groups is 1. The lowest BCUT2D eigenvalue weighted by atomic mass is 9.98. The van der Waals surface area contributed by atoms with E-state index in [-0.39, 0.29) is 15.8 Å². The van der Waals surface area contributed by atoms with E-state index in [0.717, 1.165) is 42.1 Å². The number of hydrogen-bond donors (Lipinski definition) is 0. The summed E-state index contributed by atoms with van der Waals surface area (Å²) in [7, 11) is -3.48. The lowest BCUT2D eigenvalue weighted by molar-refractivity contribution is -0.383. The standard InChI is InChI=1S/C15H21N5O4S2/c1-10-16-11(2)19(17-10)9-12-5-4-6-18(8-12)15-13(20(21)22)7-14(25-15)26(3,23)24/h7,12H,4-6,8-9H2,1-3H3. The summed E-state index contributed by atoms with van der Waals surface area (Å²) in [5.74, 6) is 1.84. The number of anilines is 1. The molecule has 1 aliphatic rings. The molecule has 2 aromatic rings. The summed E-state index contributed by atoms with van der Waals surface area (Å²) in [6, 6.07) is 1.17. The third-order valence-electron chi connectivity index (χ3n) is 4.43. The predicted molar refractivity (Wildman–Crippen MR) is 98.5 cm³/mol. The van der Waals surface area contributed by atoms with E-state index in [1.165, 1.54) is 6.07 Å². The molecule has 0 bridgehead atoms. The molecule has 9 nitrogen and oxygen atoms in total. The summed E-state index contributed by atoms with van der Waals surface area (Å²) in [4.78, 5) is 17.1. The molecule has 0 radical (unpaired) electrons. The van der Waals surface area contributed by atoms with Gasteiger partial charge in [0.05, 0.1) is 4.92 Å². The average molecular weight is 399 g/mol. The number of hydrogen-bond acceptors (Lipinski definition) is 8. The SMILES string of the molecule is Cc1nc(C)n(CC2CCCN(c3sc(S(C)(=O)=O)cc3[N+](=O)[O-])C2)n1. The number of nitro groups is 1. The first-order chi connectivity index (χ1) is 12.1. The molecule has 1 atom stereocenters. The smallest absolute Gasteiger partial charge is 0.305 e. The lowest BCUT2D eigenvalue weighted by Gasteiger charge is -2.33. The van der Waals surface area contributed by atoms with Gasteiger partial charge in [0.15, 0.2) is 14.8 Å². The molecule has 11 heteroatoms. The summed E-state index contributed by atoms with van der Waals surface area (Å²) >= 11 is 0.978. The first kappa shape index (κ1) is 18.8. The maximum atomic E-state index is 11.8. The van der Waals surface area contributed by atoms with E-state index in [0.29, 0.717) is 24.6 Å². The number of nitrogens with zero attached hydrogens (tertiary/aromatic N) is 5. The first-order valence-electron chi connectivity index (χ1n) is 8.26. The van der Waals surface area contributed by atoms with Gasteiger partial charge in [0.25, 0.3) is 0 Å². The van der Waals surface area contributed by atoms with E-state index in [1.807, 2.05) is 23.4 Å². The van der Waals surface area contributed by atoms with Gasteiger partial charge in [-0.2, -0.15) is 5.10 Å². The van der Waals surface area contributed by atoms with Crippen molar-refractivity contribution in [2.24, 2.45) is 5.92 Å². The molecule has 1 aliphatic heterocycles. The van der Waals surface area contributed by atoms with Gasteiger partial charge in [-0.1, -0.05) is 11.3 Å². The zero-order valence-corrected chi connectivity index (χ0v) is 16.5. The molecular weight excluding hydrogens is 378 g/mol. The number of rotatable bonds is 5. The largest absolute Gasteiger partial charge is 0.357 e. The van der Waals surface area contributed by atoms with Gasteiger partial charge in [-0.3, -0.25) is 10.1 Å². The Bertz CT molecular complexity index is 934. The van der Waals surface area contributed by atoms with Crippen LogP contribution in [-0.2, 0) is 16.4 Å². The van der Waals surface area contributed by atoms with E-state index in [4.69, 9.17) is 0 Å². The highest BCUT2D eigenvalue weighted by Crippen LogP contribution is 2.41. The normalized spacial score (nSPS) is 18.3. The zero-order chi connectivity index (χ0) is 19.1. The molecule has 0 N–H and O–H groups in total. The molecule has 1 unspecified atom stereocenters. The molecule has 142 valence electrons. The Morgan fingerprint density at radius 1 is 1.42 bits per heavy atom. The van der Waals surface area contributed by atoms with Gasteiger partial charge in [-0.15, -0.1) is 0 Å². The summed E-state index contributed by atoms with van der Waals surface area (Å²) < 4.78 is 25.5. The minimum atomic E-state index is -3.48. The van der Waals surface area contributed by atoms with Gasteiger partial charge < -0.3 is 4.90 Å². The maximum Gasteiger partial charge on any atom is 0.305 e. The second-order valence-electron chi connectivity index (χ2n) is 6.63. The zero-order valence-electron chi connectivity index (χ0n) is 14.9. The number of thiophene rings is 1. The van der Waals surface area contributed by atoms with Crippen LogP contribution >= 0.6 is 11.3 Å². The number of aryl methyl sites for hydroxylation is 2. The molecule has 0 saturated carbocycles. The van der Waals surface area contributed by atoms with Crippen LogP contribution in [0.25, 0.3) is 0 Å². The minimum absolute atomic E-state index is 0.0315. The Hall–Kier alpha value is -2.01. The monoisotopic (exact) mass is 399 g/mol. The average Bonchev–Trinajstić information content (AvgIpc) is 3.11. The number of aromatic nitrogens is 3. The highest BCUT2D eigenvalue weighted by atomic mass is 32.2. The quantitative estimate of drug-likeness (QED) is 0.559. The van der Waals surface area contributed by atoms with Crippen molar-refractivity contribution in [1.29, 1.82) is 0 Å². The summed E-state index contributed by atoms with van der Waals surface area (Å²) in [5, 5.41) is 16.2. The summed E-state index contributed by atoms with van der Waals surface area (Å²) in [6.45, 7) is 5.75. The van der Waals surface area contributed by atoms with Crippen molar-refractivity contribution < 1.29 is 13.3 Å². The van der Waals surface area contributed by atoms with Crippen molar-refractivity contribution in [3.63, 3.8) is 0 Å². The molecule has 0 aliphatic carbocycles. The fourth-order valence-electron chi connectivity index (χ4n) is 3.27. The van der Waals surface area contributed by atoms with Crippen LogP contribution in [0.5, 0.6) is 0 Å². The molecular formula is C15H21N5O4S2. The van der Waals surface area contributed by atoms with Gasteiger partial charge in [0.1, 0.15) is 15.9 Å². The van der Waals surface area contributed by atoms with Crippen LogP contribution in [0.4, 0.5) is 10.7 Å². The number of piperidine rings is 1. The van der Waals surface area contributed by atoms with Crippen molar-refractivity contribution in [1.82, 2.24) is 14.8 Å². The van der Waals surface area contributed by atoms with E-state index in [2.05, 4.69) is 10.1 Å². The van der Waals surface area contributed by atoms with Gasteiger partial charge >= 0.3 is 5.69 Å². The maximum absolute atomic E-state index is 11.8. The first-order valence-corrected chi connectivity index (χ1v) is 11.0. The highest BCUT2D eigenvalue weighted by Gasteiger charge is 2.30. The van der Waals surface area contributed by atoms with Gasteiger partial charge in [0.2, 0.25) is 0 Å². The lowest BCUT2D eigenvalue weighted by Crippen LogP contribution is -2.37. The Labute approximate surface area is 155 Å². The second-order valence-corrected chi connectivity index (χ2v) is 9.90. The van der Waals surface area contributed by atoms with Crippen molar-refractivity contribution in [2.45, 2.75) is 37.4 Å². The Kier molecular flexibility index (Phi) is 5.02. The Balaban J connectivity index is 1.84. The van der Waals surface area contributed by atoms with Crippen molar-refractivity contribution in [3.05, 3.63) is 27.8 Å². The third-order valence-corrected chi connectivity index (χ3v) is 7.42. The van der Waals surface area contributed by atoms with Gasteiger partial charge in [0, 0.05) is 32.0 Å². The van der Waals surface area contributed by atoms with Crippen LogP contribution in [0.15, 0.2) is 10.3 Å². The molecule has 26 heavy (non-hydrogen) atoms. The van der Waals surface area contributed by atoms with Crippen LogP contribution in [0.2, 0.25) is 0 Å². The highest BCUT2D eigenvalue weighted by molar-refractivity contribution is 7.92.